The molecule has 2 N–H and O–H groups in total. The maximum Gasteiger partial charge on any atom is 0.260 e. The van der Waals surface area contributed by atoms with E-state index >= 15 is 0 Å². The topological polar surface area (TPSA) is 59.4 Å². The Balaban J connectivity index is 1.59. The Hall–Kier alpha value is -2.96. The zero-order chi connectivity index (χ0) is 20.4. The molecule has 0 saturated carbocycles. The lowest BCUT2D eigenvalue weighted by molar-refractivity contribution is -0.908. The molecule has 2 aromatic heterocycles. The monoisotopic (exact) mass is 406 g/mol. The summed E-state index contributed by atoms with van der Waals surface area (Å²) >= 11 is 1.52. The molecule has 0 aliphatic rings. The molecular formula is C23H24N3O2S+. The molecule has 5 nitrogen and oxygen atoms in total. The van der Waals surface area contributed by atoms with Crippen molar-refractivity contribution in [3.63, 3.8) is 0 Å². The van der Waals surface area contributed by atoms with E-state index in [1.165, 1.54) is 21.8 Å². The molecule has 1 unspecified atom stereocenters. The number of hydrogen-bond donors (Lipinski definition) is 2. The number of hydrogen-bond acceptors (Lipinski definition) is 4. The molecule has 4 rings (SSSR count). The molecule has 0 aliphatic carbocycles. The van der Waals surface area contributed by atoms with E-state index in [0.717, 1.165) is 33.8 Å². The van der Waals surface area contributed by atoms with E-state index in [0.29, 0.717) is 17.8 Å². The van der Waals surface area contributed by atoms with Crippen molar-refractivity contribution in [2.75, 3.05) is 14.2 Å². The van der Waals surface area contributed by atoms with Crippen LogP contribution < -0.4 is 15.2 Å². The standard InChI is InChI=1S/C23H23N3O2S/c1-15-9-10-19(28-3)17(11-15)12-26(2)13-20-24-22(27)21-18(14-29-23(21)25-20)16-7-5-4-6-8-16/h4-11,14H,12-13H2,1-3H3,(H,24,25,27)/p+1. The number of aryl methyl sites for hydroxylation is 1. The van der Waals surface area contributed by atoms with Gasteiger partial charge < -0.3 is 14.6 Å². The summed E-state index contributed by atoms with van der Waals surface area (Å²) in [5.41, 5.74) is 4.25. The molecule has 29 heavy (non-hydrogen) atoms. The van der Waals surface area contributed by atoms with Gasteiger partial charge in [0.2, 0.25) is 0 Å². The number of quaternary nitrogens is 1. The summed E-state index contributed by atoms with van der Waals surface area (Å²) < 4.78 is 5.49. The van der Waals surface area contributed by atoms with Crippen LogP contribution in [0.4, 0.5) is 0 Å². The molecule has 0 amide bonds. The van der Waals surface area contributed by atoms with Crippen molar-refractivity contribution in [2.45, 2.75) is 20.0 Å². The molecule has 0 saturated heterocycles. The Morgan fingerprint density at radius 2 is 1.93 bits per heavy atom. The normalized spacial score (nSPS) is 12.2. The minimum absolute atomic E-state index is 0.0777. The number of aromatic nitrogens is 2. The fourth-order valence-corrected chi connectivity index (χ4v) is 4.59. The smallest absolute Gasteiger partial charge is 0.260 e. The summed E-state index contributed by atoms with van der Waals surface area (Å²) in [6.45, 7) is 3.49. The van der Waals surface area contributed by atoms with Crippen LogP contribution in [0.2, 0.25) is 0 Å². The number of aromatic amines is 1. The zero-order valence-corrected chi connectivity index (χ0v) is 17.6. The summed E-state index contributed by atoms with van der Waals surface area (Å²) in [6.07, 6.45) is 0. The van der Waals surface area contributed by atoms with Gasteiger partial charge in [-0.05, 0) is 24.6 Å². The van der Waals surface area contributed by atoms with Crippen LogP contribution in [0.1, 0.15) is 17.0 Å². The van der Waals surface area contributed by atoms with Crippen LogP contribution in [-0.4, -0.2) is 24.1 Å². The summed E-state index contributed by atoms with van der Waals surface area (Å²) in [5.74, 6) is 1.59. The number of nitrogens with one attached hydrogen (secondary N) is 2. The molecule has 0 bridgehead atoms. The molecule has 0 fully saturated rings. The molecule has 0 spiro atoms. The number of fused-ring (bicyclic) bond motifs is 1. The van der Waals surface area contributed by atoms with Crippen molar-refractivity contribution >= 4 is 21.6 Å². The Morgan fingerprint density at radius 3 is 2.69 bits per heavy atom. The predicted octanol–water partition coefficient (Wildman–Crippen LogP) is 3.18. The SMILES string of the molecule is COc1ccc(C)cc1C[NH+](C)Cc1nc2scc(-c3ccccc3)c2c(=O)[nH]1. The molecule has 148 valence electrons. The van der Waals surface area contributed by atoms with Crippen LogP contribution in [0.15, 0.2) is 58.7 Å². The highest BCUT2D eigenvalue weighted by atomic mass is 32.1. The number of benzene rings is 2. The third kappa shape index (κ3) is 4.09. The van der Waals surface area contributed by atoms with Gasteiger partial charge in [0.25, 0.3) is 5.56 Å². The first-order valence-corrected chi connectivity index (χ1v) is 10.4. The van der Waals surface area contributed by atoms with E-state index in [9.17, 15) is 4.79 Å². The Bertz CT molecular complexity index is 1200. The number of H-pyrrole nitrogens is 1. The van der Waals surface area contributed by atoms with Crippen molar-refractivity contribution in [3.05, 3.63) is 81.2 Å². The van der Waals surface area contributed by atoms with Gasteiger partial charge in [-0.25, -0.2) is 4.98 Å². The highest BCUT2D eigenvalue weighted by molar-refractivity contribution is 7.17. The fourth-order valence-electron chi connectivity index (χ4n) is 3.63. The first kappa shape index (κ1) is 19.4. The average Bonchev–Trinajstić information content (AvgIpc) is 3.13. The summed E-state index contributed by atoms with van der Waals surface area (Å²) in [5, 5.41) is 2.68. The van der Waals surface area contributed by atoms with Crippen LogP contribution in [0.25, 0.3) is 21.3 Å². The summed E-state index contributed by atoms with van der Waals surface area (Å²) in [4.78, 5) is 22.5. The van der Waals surface area contributed by atoms with Crippen LogP contribution in [0.5, 0.6) is 5.75 Å². The summed E-state index contributed by atoms with van der Waals surface area (Å²) in [7, 11) is 3.79. The quantitative estimate of drug-likeness (QED) is 0.517. The van der Waals surface area contributed by atoms with E-state index < -0.39 is 0 Å². The van der Waals surface area contributed by atoms with E-state index in [4.69, 9.17) is 9.72 Å². The van der Waals surface area contributed by atoms with E-state index in [-0.39, 0.29) is 5.56 Å². The Kier molecular flexibility index (Phi) is 5.47. The number of thiophene rings is 1. The van der Waals surface area contributed by atoms with Gasteiger partial charge in [0.05, 0.1) is 19.5 Å². The number of rotatable bonds is 6. The second-order valence-corrected chi connectivity index (χ2v) is 8.19. The molecule has 2 heterocycles. The van der Waals surface area contributed by atoms with Gasteiger partial charge in [0.1, 0.15) is 23.7 Å². The van der Waals surface area contributed by atoms with Gasteiger partial charge in [-0.3, -0.25) is 4.79 Å². The molecule has 0 aliphatic heterocycles. The van der Waals surface area contributed by atoms with Crippen molar-refractivity contribution in [1.82, 2.24) is 9.97 Å². The van der Waals surface area contributed by atoms with Gasteiger partial charge in [-0.1, -0.05) is 42.0 Å². The lowest BCUT2D eigenvalue weighted by atomic mass is 10.1. The van der Waals surface area contributed by atoms with Crippen molar-refractivity contribution in [1.29, 1.82) is 0 Å². The third-order valence-electron chi connectivity index (χ3n) is 4.98. The van der Waals surface area contributed by atoms with Crippen molar-refractivity contribution in [2.24, 2.45) is 0 Å². The Morgan fingerprint density at radius 1 is 1.14 bits per heavy atom. The summed E-state index contributed by atoms with van der Waals surface area (Å²) in [6, 6.07) is 16.2. The largest absolute Gasteiger partial charge is 0.496 e. The second-order valence-electron chi connectivity index (χ2n) is 7.33. The minimum Gasteiger partial charge on any atom is -0.496 e. The number of ether oxygens (including phenoxy) is 1. The van der Waals surface area contributed by atoms with Gasteiger partial charge in [0, 0.05) is 16.5 Å². The van der Waals surface area contributed by atoms with Crippen LogP contribution in [0.3, 0.4) is 0 Å². The van der Waals surface area contributed by atoms with E-state index in [1.54, 1.807) is 7.11 Å². The molecule has 0 radical (unpaired) electrons. The van der Waals surface area contributed by atoms with Gasteiger partial charge in [0.15, 0.2) is 5.82 Å². The zero-order valence-electron chi connectivity index (χ0n) is 16.8. The fraction of sp³-hybridized carbons (Fsp3) is 0.217. The second kappa shape index (κ2) is 8.19. The highest BCUT2D eigenvalue weighted by Crippen LogP contribution is 2.30. The first-order chi connectivity index (χ1) is 14.0. The molecule has 4 aromatic rings. The number of methoxy groups -OCH3 is 1. The van der Waals surface area contributed by atoms with Gasteiger partial charge >= 0.3 is 0 Å². The van der Waals surface area contributed by atoms with Crippen LogP contribution >= 0.6 is 11.3 Å². The number of nitrogens with zero attached hydrogens (tertiary/aromatic N) is 1. The van der Waals surface area contributed by atoms with Crippen LogP contribution in [-0.2, 0) is 13.1 Å². The third-order valence-corrected chi connectivity index (χ3v) is 5.85. The van der Waals surface area contributed by atoms with E-state index in [2.05, 4.69) is 25.0 Å². The molecule has 2 aromatic carbocycles. The predicted molar refractivity (Wildman–Crippen MR) is 118 cm³/mol. The van der Waals surface area contributed by atoms with Crippen molar-refractivity contribution in [3.8, 4) is 16.9 Å². The molecule has 6 heteroatoms. The van der Waals surface area contributed by atoms with Crippen LogP contribution in [0, 0.1) is 6.92 Å². The minimum atomic E-state index is -0.0777. The lowest BCUT2D eigenvalue weighted by Crippen LogP contribution is -3.06. The molecular weight excluding hydrogens is 382 g/mol. The maximum absolute atomic E-state index is 12.8. The maximum atomic E-state index is 12.8. The Labute approximate surface area is 173 Å². The van der Waals surface area contributed by atoms with Gasteiger partial charge in [-0.15, -0.1) is 11.3 Å². The lowest BCUT2D eigenvalue weighted by Gasteiger charge is -2.16. The average molecular weight is 407 g/mol. The van der Waals surface area contributed by atoms with Gasteiger partial charge in [-0.2, -0.15) is 0 Å². The van der Waals surface area contributed by atoms with E-state index in [1.807, 2.05) is 47.8 Å². The highest BCUT2D eigenvalue weighted by Gasteiger charge is 2.16. The van der Waals surface area contributed by atoms with Crippen molar-refractivity contribution < 1.29 is 9.64 Å². The molecule has 1 atom stereocenters. The first-order valence-electron chi connectivity index (χ1n) is 9.56.